The standard InChI is InChI=1S/C12H18F2N4O/c1-9(11(19)17-5-2-3-6-17)16-8-10-15-4-7-18(10)12(13)14/h4,7,9,12,16H,2-3,5-6,8H2,1H3. The van der Waals surface area contributed by atoms with Gasteiger partial charge in [-0.05, 0) is 19.8 Å². The van der Waals surface area contributed by atoms with Crippen LogP contribution in [0.15, 0.2) is 12.4 Å². The van der Waals surface area contributed by atoms with Crippen LogP contribution in [0.5, 0.6) is 0 Å². The van der Waals surface area contributed by atoms with Crippen molar-refractivity contribution >= 4 is 5.91 Å². The van der Waals surface area contributed by atoms with E-state index in [1.54, 1.807) is 11.8 Å². The van der Waals surface area contributed by atoms with Crippen molar-refractivity contribution < 1.29 is 13.6 Å². The Labute approximate surface area is 110 Å². The molecule has 0 bridgehead atoms. The molecular weight excluding hydrogens is 254 g/mol. The highest BCUT2D eigenvalue weighted by Gasteiger charge is 2.23. The Hall–Kier alpha value is -1.50. The average Bonchev–Trinajstić information content (AvgIpc) is 3.05. The van der Waals surface area contributed by atoms with Gasteiger partial charge < -0.3 is 4.90 Å². The predicted molar refractivity (Wildman–Crippen MR) is 65.6 cm³/mol. The quantitative estimate of drug-likeness (QED) is 0.881. The lowest BCUT2D eigenvalue weighted by Gasteiger charge is -2.21. The van der Waals surface area contributed by atoms with Gasteiger partial charge >= 0.3 is 6.55 Å². The second-order valence-corrected chi connectivity index (χ2v) is 4.66. The van der Waals surface area contributed by atoms with Crippen molar-refractivity contribution in [2.45, 2.75) is 38.9 Å². The predicted octanol–water partition coefficient (Wildman–Crippen LogP) is 1.38. The summed E-state index contributed by atoms with van der Waals surface area (Å²) in [4.78, 5) is 17.7. The largest absolute Gasteiger partial charge is 0.341 e. The fourth-order valence-corrected chi connectivity index (χ4v) is 2.20. The number of amides is 1. The Morgan fingerprint density at radius 2 is 2.16 bits per heavy atom. The average molecular weight is 272 g/mol. The Morgan fingerprint density at radius 1 is 1.47 bits per heavy atom. The lowest BCUT2D eigenvalue weighted by molar-refractivity contribution is -0.132. The van der Waals surface area contributed by atoms with Gasteiger partial charge in [0.15, 0.2) is 0 Å². The van der Waals surface area contributed by atoms with Crippen molar-refractivity contribution in [3.05, 3.63) is 18.2 Å². The molecule has 5 nitrogen and oxygen atoms in total. The number of nitrogens with one attached hydrogen (secondary N) is 1. The van der Waals surface area contributed by atoms with Gasteiger partial charge in [0.05, 0.1) is 12.6 Å². The highest BCUT2D eigenvalue weighted by atomic mass is 19.3. The van der Waals surface area contributed by atoms with E-state index in [-0.39, 0.29) is 24.3 Å². The van der Waals surface area contributed by atoms with Gasteiger partial charge in [-0.15, -0.1) is 0 Å². The monoisotopic (exact) mass is 272 g/mol. The van der Waals surface area contributed by atoms with Crippen LogP contribution in [0.1, 0.15) is 32.1 Å². The van der Waals surface area contributed by atoms with Crippen LogP contribution in [0.3, 0.4) is 0 Å². The number of nitrogens with zero attached hydrogens (tertiary/aromatic N) is 3. The number of alkyl halides is 2. The number of hydrogen-bond acceptors (Lipinski definition) is 3. The van der Waals surface area contributed by atoms with Gasteiger partial charge in [0.2, 0.25) is 5.91 Å². The Morgan fingerprint density at radius 3 is 2.79 bits per heavy atom. The summed E-state index contributed by atoms with van der Waals surface area (Å²) in [5, 5.41) is 2.95. The molecule has 2 rings (SSSR count). The Kier molecular flexibility index (Phi) is 4.47. The second-order valence-electron chi connectivity index (χ2n) is 4.66. The van der Waals surface area contributed by atoms with E-state index in [1.807, 2.05) is 0 Å². The fraction of sp³-hybridized carbons (Fsp3) is 0.667. The molecule has 1 unspecified atom stereocenters. The van der Waals surface area contributed by atoms with E-state index in [4.69, 9.17) is 0 Å². The minimum atomic E-state index is -2.61. The van der Waals surface area contributed by atoms with Gasteiger partial charge in [-0.2, -0.15) is 8.78 Å². The summed E-state index contributed by atoms with van der Waals surface area (Å²) < 4.78 is 26.0. The topological polar surface area (TPSA) is 50.2 Å². The molecule has 1 saturated heterocycles. The van der Waals surface area contributed by atoms with Crippen LogP contribution in [-0.2, 0) is 11.3 Å². The summed E-state index contributed by atoms with van der Waals surface area (Å²) in [6.07, 6.45) is 4.63. The molecule has 0 aromatic carbocycles. The van der Waals surface area contributed by atoms with Gasteiger partial charge in [-0.25, -0.2) is 4.98 Å². The molecule has 2 heterocycles. The van der Waals surface area contributed by atoms with Crippen molar-refractivity contribution in [1.29, 1.82) is 0 Å². The molecule has 0 spiro atoms. The number of imidazole rings is 1. The minimum Gasteiger partial charge on any atom is -0.341 e. The maximum Gasteiger partial charge on any atom is 0.319 e. The van der Waals surface area contributed by atoms with E-state index in [0.717, 1.165) is 30.5 Å². The van der Waals surface area contributed by atoms with E-state index in [9.17, 15) is 13.6 Å². The van der Waals surface area contributed by atoms with Crippen LogP contribution in [0.2, 0.25) is 0 Å². The van der Waals surface area contributed by atoms with Crippen LogP contribution in [0.4, 0.5) is 8.78 Å². The van der Waals surface area contributed by atoms with Gasteiger partial charge in [-0.1, -0.05) is 0 Å². The maximum absolute atomic E-state index is 12.6. The summed E-state index contributed by atoms with van der Waals surface area (Å²) in [6, 6.07) is -0.388. The molecule has 1 aromatic rings. The molecule has 1 fully saturated rings. The Bertz CT molecular complexity index is 429. The third-order valence-corrected chi connectivity index (χ3v) is 3.31. The highest BCUT2D eigenvalue weighted by Crippen LogP contribution is 2.13. The first-order valence-electron chi connectivity index (χ1n) is 6.41. The first-order chi connectivity index (χ1) is 9.09. The number of hydrogen-bond donors (Lipinski definition) is 1. The van der Waals surface area contributed by atoms with Crippen molar-refractivity contribution in [3.63, 3.8) is 0 Å². The highest BCUT2D eigenvalue weighted by molar-refractivity contribution is 5.81. The number of aromatic nitrogens is 2. The second kappa shape index (κ2) is 6.10. The molecule has 1 N–H and O–H groups in total. The number of likely N-dealkylation sites (tertiary alicyclic amines) is 1. The van der Waals surface area contributed by atoms with E-state index in [2.05, 4.69) is 10.3 Å². The number of rotatable bonds is 5. The smallest absolute Gasteiger partial charge is 0.319 e. The first kappa shape index (κ1) is 13.9. The van der Waals surface area contributed by atoms with E-state index >= 15 is 0 Å². The lowest BCUT2D eigenvalue weighted by atomic mass is 10.3. The molecule has 0 saturated carbocycles. The summed E-state index contributed by atoms with van der Waals surface area (Å²) >= 11 is 0. The lowest BCUT2D eigenvalue weighted by Crippen LogP contribution is -2.43. The molecule has 106 valence electrons. The molecule has 1 atom stereocenters. The zero-order valence-corrected chi connectivity index (χ0v) is 10.9. The molecule has 0 aliphatic carbocycles. The van der Waals surface area contributed by atoms with Crippen LogP contribution >= 0.6 is 0 Å². The third-order valence-electron chi connectivity index (χ3n) is 3.31. The first-order valence-corrected chi connectivity index (χ1v) is 6.41. The molecule has 19 heavy (non-hydrogen) atoms. The SMILES string of the molecule is CC(NCc1nccn1C(F)F)C(=O)N1CCCC1. The molecule has 1 aliphatic rings. The fourth-order valence-electron chi connectivity index (χ4n) is 2.20. The van der Waals surface area contributed by atoms with Crippen molar-refractivity contribution in [1.82, 2.24) is 19.8 Å². The van der Waals surface area contributed by atoms with Crippen LogP contribution in [0, 0.1) is 0 Å². The molecule has 0 radical (unpaired) electrons. The summed E-state index contributed by atoms with van der Waals surface area (Å²) in [5.74, 6) is 0.253. The van der Waals surface area contributed by atoms with E-state index in [0.29, 0.717) is 0 Å². The molecule has 7 heteroatoms. The molecule has 1 amide bonds. The van der Waals surface area contributed by atoms with Crippen LogP contribution < -0.4 is 5.32 Å². The molecular formula is C12H18F2N4O. The molecule has 1 aromatic heterocycles. The van der Waals surface area contributed by atoms with Crippen molar-refractivity contribution in [2.24, 2.45) is 0 Å². The van der Waals surface area contributed by atoms with Crippen LogP contribution in [-0.4, -0.2) is 39.5 Å². The summed E-state index contributed by atoms with van der Waals surface area (Å²) in [6.45, 7) is 0.866. The zero-order chi connectivity index (χ0) is 13.8. The van der Waals surface area contributed by atoms with Gasteiger partial charge in [0, 0.05) is 25.5 Å². The number of halogens is 2. The zero-order valence-electron chi connectivity index (χ0n) is 10.9. The Balaban J connectivity index is 1.87. The molecule has 1 aliphatic heterocycles. The summed E-state index contributed by atoms with van der Waals surface area (Å²) in [5.41, 5.74) is 0. The van der Waals surface area contributed by atoms with Gasteiger partial charge in [-0.3, -0.25) is 14.7 Å². The van der Waals surface area contributed by atoms with Gasteiger partial charge in [0.1, 0.15) is 5.82 Å². The van der Waals surface area contributed by atoms with Crippen molar-refractivity contribution in [2.75, 3.05) is 13.1 Å². The maximum atomic E-state index is 12.6. The van der Waals surface area contributed by atoms with E-state index < -0.39 is 6.55 Å². The van der Waals surface area contributed by atoms with Crippen molar-refractivity contribution in [3.8, 4) is 0 Å². The number of carbonyl (C=O) groups is 1. The van der Waals surface area contributed by atoms with Gasteiger partial charge in [0.25, 0.3) is 0 Å². The van der Waals surface area contributed by atoms with E-state index in [1.165, 1.54) is 12.4 Å². The summed E-state index contributed by atoms with van der Waals surface area (Å²) in [7, 11) is 0. The van der Waals surface area contributed by atoms with Crippen LogP contribution in [0.25, 0.3) is 0 Å². The minimum absolute atomic E-state index is 0.0210. The number of carbonyl (C=O) groups excluding carboxylic acids is 1. The third kappa shape index (κ3) is 3.28. The normalized spacial score (nSPS) is 17.2.